The highest BCUT2D eigenvalue weighted by Crippen LogP contribution is 2.19. The van der Waals surface area contributed by atoms with Gasteiger partial charge in [-0.2, -0.15) is 4.98 Å². The highest BCUT2D eigenvalue weighted by Gasteiger charge is 2.14. The van der Waals surface area contributed by atoms with Crippen LogP contribution in [0, 0.1) is 12.7 Å². The first-order valence-corrected chi connectivity index (χ1v) is 6.90. The number of rotatable bonds is 6. The van der Waals surface area contributed by atoms with Gasteiger partial charge in [-0.1, -0.05) is 18.5 Å². The molecule has 5 heteroatoms. The van der Waals surface area contributed by atoms with Crippen molar-refractivity contribution in [2.75, 3.05) is 7.05 Å². The number of aromatic nitrogens is 2. The number of aryl methyl sites for hydroxylation is 1. The fraction of sp³-hybridized carbons (Fsp3) is 0.467. The van der Waals surface area contributed by atoms with Crippen LogP contribution in [0.3, 0.4) is 0 Å². The van der Waals surface area contributed by atoms with Crippen molar-refractivity contribution >= 4 is 0 Å². The summed E-state index contributed by atoms with van der Waals surface area (Å²) in [7, 11) is 1.93. The number of nitrogens with one attached hydrogen (secondary N) is 1. The summed E-state index contributed by atoms with van der Waals surface area (Å²) in [5.41, 5.74) is 1.35. The van der Waals surface area contributed by atoms with E-state index in [1.807, 2.05) is 7.05 Å². The maximum Gasteiger partial charge on any atom is 0.228 e. The van der Waals surface area contributed by atoms with Crippen LogP contribution in [0.5, 0.6) is 0 Å². The molecule has 1 heterocycles. The lowest BCUT2D eigenvalue weighted by molar-refractivity contribution is 0.356. The first-order valence-electron chi connectivity index (χ1n) is 6.90. The number of nitrogens with zero attached hydrogens (tertiary/aromatic N) is 2. The van der Waals surface area contributed by atoms with Crippen molar-refractivity contribution in [3.8, 4) is 11.4 Å². The smallest absolute Gasteiger partial charge is 0.228 e. The zero-order valence-corrected chi connectivity index (χ0v) is 12.1. The largest absolute Gasteiger partial charge is 0.339 e. The maximum atomic E-state index is 13.2. The van der Waals surface area contributed by atoms with E-state index in [4.69, 9.17) is 4.52 Å². The summed E-state index contributed by atoms with van der Waals surface area (Å²) in [5, 5.41) is 7.21. The van der Waals surface area contributed by atoms with Crippen molar-refractivity contribution < 1.29 is 8.91 Å². The van der Waals surface area contributed by atoms with Crippen molar-refractivity contribution in [2.24, 2.45) is 0 Å². The molecule has 2 aromatic rings. The van der Waals surface area contributed by atoms with E-state index < -0.39 is 0 Å². The Morgan fingerprint density at radius 1 is 1.40 bits per heavy atom. The summed E-state index contributed by atoms with van der Waals surface area (Å²) < 4.78 is 18.5. The SMILES string of the molecule is CCCC(Cc1nc(-c2ccc(F)c(C)c2)no1)NC. The molecule has 1 N–H and O–H groups in total. The van der Waals surface area contributed by atoms with Gasteiger partial charge in [0.2, 0.25) is 11.7 Å². The zero-order valence-electron chi connectivity index (χ0n) is 12.1. The molecule has 2 rings (SSSR count). The second-order valence-corrected chi connectivity index (χ2v) is 4.95. The molecule has 0 aliphatic carbocycles. The molecule has 20 heavy (non-hydrogen) atoms. The molecule has 1 aromatic carbocycles. The molecule has 0 saturated carbocycles. The standard InChI is InChI=1S/C15H20FN3O/c1-4-5-12(17-3)9-14-18-15(19-20-14)11-6-7-13(16)10(2)8-11/h6-8,12,17H,4-5,9H2,1-3H3. The second kappa shape index (κ2) is 6.61. The summed E-state index contributed by atoms with van der Waals surface area (Å²) in [6.45, 7) is 3.86. The molecule has 0 amide bonds. The summed E-state index contributed by atoms with van der Waals surface area (Å²) >= 11 is 0. The molecule has 1 aromatic heterocycles. The Kier molecular flexibility index (Phi) is 4.84. The van der Waals surface area contributed by atoms with Gasteiger partial charge in [-0.3, -0.25) is 0 Å². The van der Waals surface area contributed by atoms with Crippen LogP contribution in [0.4, 0.5) is 4.39 Å². The van der Waals surface area contributed by atoms with Crippen molar-refractivity contribution in [3.63, 3.8) is 0 Å². The molecular weight excluding hydrogens is 257 g/mol. The molecule has 0 saturated heterocycles. The second-order valence-electron chi connectivity index (χ2n) is 4.95. The molecular formula is C15H20FN3O. The van der Waals surface area contributed by atoms with Gasteiger partial charge >= 0.3 is 0 Å². The van der Waals surface area contributed by atoms with Gasteiger partial charge in [-0.15, -0.1) is 0 Å². The van der Waals surface area contributed by atoms with Gasteiger partial charge in [-0.05, 0) is 44.2 Å². The highest BCUT2D eigenvalue weighted by molar-refractivity contribution is 5.55. The quantitative estimate of drug-likeness (QED) is 0.881. The molecule has 0 bridgehead atoms. The van der Waals surface area contributed by atoms with Crippen LogP contribution in [0.1, 0.15) is 31.2 Å². The summed E-state index contributed by atoms with van der Waals surface area (Å²) in [6.07, 6.45) is 2.87. The zero-order chi connectivity index (χ0) is 14.5. The van der Waals surface area contributed by atoms with Crippen molar-refractivity contribution in [1.29, 1.82) is 0 Å². The lowest BCUT2D eigenvalue weighted by Gasteiger charge is -2.11. The minimum atomic E-state index is -0.226. The van der Waals surface area contributed by atoms with E-state index in [1.54, 1.807) is 19.1 Å². The van der Waals surface area contributed by atoms with E-state index in [-0.39, 0.29) is 5.82 Å². The third kappa shape index (κ3) is 3.42. The van der Waals surface area contributed by atoms with Gasteiger partial charge in [0.1, 0.15) is 5.82 Å². The van der Waals surface area contributed by atoms with Crippen LogP contribution in [0.25, 0.3) is 11.4 Å². The van der Waals surface area contributed by atoms with Gasteiger partial charge in [0.05, 0.1) is 0 Å². The minimum Gasteiger partial charge on any atom is -0.339 e. The Balaban J connectivity index is 2.13. The average Bonchev–Trinajstić information content (AvgIpc) is 2.90. The van der Waals surface area contributed by atoms with E-state index in [9.17, 15) is 4.39 Å². The van der Waals surface area contributed by atoms with Gasteiger partial charge in [-0.25, -0.2) is 4.39 Å². The molecule has 0 aliphatic heterocycles. The van der Waals surface area contributed by atoms with Crippen LogP contribution < -0.4 is 5.32 Å². The predicted molar refractivity (Wildman–Crippen MR) is 75.9 cm³/mol. The normalized spacial score (nSPS) is 12.6. The first-order chi connectivity index (χ1) is 9.63. The number of halogens is 1. The Morgan fingerprint density at radius 2 is 2.20 bits per heavy atom. The van der Waals surface area contributed by atoms with E-state index in [1.165, 1.54) is 6.07 Å². The molecule has 0 aliphatic rings. The number of hydrogen-bond acceptors (Lipinski definition) is 4. The fourth-order valence-electron chi connectivity index (χ4n) is 2.15. The molecule has 0 spiro atoms. The van der Waals surface area contributed by atoms with Crippen molar-refractivity contribution in [1.82, 2.24) is 15.5 Å². The van der Waals surface area contributed by atoms with Crippen LogP contribution in [0.2, 0.25) is 0 Å². The molecule has 0 fully saturated rings. The summed E-state index contributed by atoms with van der Waals surface area (Å²) in [6, 6.07) is 5.15. The summed E-state index contributed by atoms with van der Waals surface area (Å²) in [5.74, 6) is 0.889. The van der Waals surface area contributed by atoms with Gasteiger partial charge < -0.3 is 9.84 Å². The number of hydrogen-bond donors (Lipinski definition) is 1. The third-order valence-electron chi connectivity index (χ3n) is 3.35. The van der Waals surface area contributed by atoms with E-state index in [0.717, 1.165) is 18.4 Å². The van der Waals surface area contributed by atoms with Gasteiger partial charge in [0.15, 0.2) is 0 Å². The van der Waals surface area contributed by atoms with Crippen LogP contribution >= 0.6 is 0 Å². The first kappa shape index (κ1) is 14.7. The Hall–Kier alpha value is -1.75. The van der Waals surface area contributed by atoms with Gasteiger partial charge in [0.25, 0.3) is 0 Å². The van der Waals surface area contributed by atoms with E-state index in [2.05, 4.69) is 22.4 Å². The van der Waals surface area contributed by atoms with Crippen LogP contribution in [-0.2, 0) is 6.42 Å². The van der Waals surface area contributed by atoms with Crippen LogP contribution in [-0.4, -0.2) is 23.2 Å². The predicted octanol–water partition coefficient (Wildman–Crippen LogP) is 3.11. The lowest BCUT2D eigenvalue weighted by atomic mass is 10.1. The molecule has 108 valence electrons. The molecule has 1 atom stereocenters. The monoisotopic (exact) mass is 277 g/mol. The Morgan fingerprint density at radius 3 is 2.85 bits per heavy atom. The minimum absolute atomic E-state index is 0.226. The topological polar surface area (TPSA) is 51.0 Å². The molecule has 0 radical (unpaired) electrons. The molecule has 4 nitrogen and oxygen atoms in total. The van der Waals surface area contributed by atoms with Crippen molar-refractivity contribution in [2.45, 2.75) is 39.2 Å². The number of benzene rings is 1. The van der Waals surface area contributed by atoms with E-state index in [0.29, 0.717) is 29.7 Å². The number of likely N-dealkylation sites (N-methyl/N-ethyl adjacent to an activating group) is 1. The van der Waals surface area contributed by atoms with Gasteiger partial charge in [0, 0.05) is 18.0 Å². The third-order valence-corrected chi connectivity index (χ3v) is 3.35. The lowest BCUT2D eigenvalue weighted by Crippen LogP contribution is -2.27. The van der Waals surface area contributed by atoms with E-state index >= 15 is 0 Å². The maximum absolute atomic E-state index is 13.2. The summed E-state index contributed by atoms with van der Waals surface area (Å²) in [4.78, 5) is 4.38. The Bertz CT molecular complexity index is 568. The van der Waals surface area contributed by atoms with Crippen LogP contribution in [0.15, 0.2) is 22.7 Å². The fourth-order valence-corrected chi connectivity index (χ4v) is 2.15. The average molecular weight is 277 g/mol. The highest BCUT2D eigenvalue weighted by atomic mass is 19.1. The van der Waals surface area contributed by atoms with Crippen molar-refractivity contribution in [3.05, 3.63) is 35.5 Å². The molecule has 1 unspecified atom stereocenters. The Labute approximate surface area is 118 Å².